The third kappa shape index (κ3) is 4.06. The smallest absolute Gasteiger partial charge is 0.244 e. The van der Waals surface area contributed by atoms with Gasteiger partial charge in [0.15, 0.2) is 0 Å². The monoisotopic (exact) mass is 302 g/mol. The highest BCUT2D eigenvalue weighted by molar-refractivity contribution is 6.30. The summed E-state index contributed by atoms with van der Waals surface area (Å²) < 4.78 is 0. The van der Waals surface area contributed by atoms with Gasteiger partial charge in [-0.25, -0.2) is 0 Å². The average molecular weight is 303 g/mol. The Morgan fingerprint density at radius 2 is 1.90 bits per heavy atom. The zero-order chi connectivity index (χ0) is 15.4. The first-order valence-corrected chi connectivity index (χ1v) is 7.17. The minimum absolute atomic E-state index is 0.112. The van der Waals surface area contributed by atoms with Crippen molar-refractivity contribution < 1.29 is 4.79 Å². The number of amides is 1. The molecule has 0 aromatic heterocycles. The molecular formula is C17H19ClN2O. The number of nitrogens with zero attached hydrogens (tertiary/aromatic N) is 1. The fraction of sp³-hybridized carbons (Fsp3) is 0.235. The Balaban J connectivity index is 2.06. The van der Waals surface area contributed by atoms with Gasteiger partial charge in [0.2, 0.25) is 5.91 Å². The van der Waals surface area contributed by atoms with Crippen molar-refractivity contribution in [1.29, 1.82) is 0 Å². The van der Waals surface area contributed by atoms with Crippen LogP contribution in [0.25, 0.3) is 0 Å². The Bertz CT molecular complexity index is 625. The maximum absolute atomic E-state index is 12.4. The first kappa shape index (κ1) is 15.5. The summed E-state index contributed by atoms with van der Waals surface area (Å²) in [5.41, 5.74) is 9.00. The summed E-state index contributed by atoms with van der Waals surface area (Å²) in [6.45, 7) is 2.49. The number of aryl methyl sites for hydroxylation is 1. The molecule has 4 heteroatoms. The lowest BCUT2D eigenvalue weighted by Gasteiger charge is -2.22. The summed E-state index contributed by atoms with van der Waals surface area (Å²) in [5.74, 6) is -0.112. The van der Waals surface area contributed by atoms with Crippen LogP contribution in [0.15, 0.2) is 48.5 Å². The van der Waals surface area contributed by atoms with Crippen molar-refractivity contribution in [2.75, 3.05) is 7.05 Å². The Morgan fingerprint density at radius 1 is 1.24 bits per heavy atom. The molecule has 0 fully saturated rings. The fourth-order valence-electron chi connectivity index (χ4n) is 2.14. The van der Waals surface area contributed by atoms with E-state index in [2.05, 4.69) is 0 Å². The summed E-state index contributed by atoms with van der Waals surface area (Å²) in [5, 5.41) is 0.663. The summed E-state index contributed by atoms with van der Waals surface area (Å²) >= 11 is 5.95. The van der Waals surface area contributed by atoms with E-state index in [9.17, 15) is 4.79 Å². The van der Waals surface area contributed by atoms with Crippen LogP contribution in [-0.4, -0.2) is 17.9 Å². The summed E-state index contributed by atoms with van der Waals surface area (Å²) in [6, 6.07) is 14.5. The molecule has 110 valence electrons. The second kappa shape index (κ2) is 6.74. The van der Waals surface area contributed by atoms with E-state index in [1.54, 1.807) is 11.9 Å². The third-order valence-corrected chi connectivity index (χ3v) is 3.62. The van der Waals surface area contributed by atoms with Crippen molar-refractivity contribution in [2.24, 2.45) is 5.73 Å². The largest absolute Gasteiger partial charge is 0.340 e. The number of likely N-dealkylation sites (N-methyl/N-ethyl adjacent to an activating group) is 1. The SMILES string of the molecule is Cc1ccc(C(N)C(=O)N(C)Cc2cccc(Cl)c2)cc1. The molecule has 0 bridgehead atoms. The lowest BCUT2D eigenvalue weighted by atomic mass is 10.0. The predicted octanol–water partition coefficient (Wildman–Crippen LogP) is 3.31. The van der Waals surface area contributed by atoms with Crippen molar-refractivity contribution in [3.05, 3.63) is 70.2 Å². The van der Waals surface area contributed by atoms with Gasteiger partial charge >= 0.3 is 0 Å². The molecule has 0 saturated carbocycles. The normalized spacial score (nSPS) is 12.0. The second-order valence-corrected chi connectivity index (χ2v) is 5.65. The van der Waals surface area contributed by atoms with Gasteiger partial charge in [-0.1, -0.05) is 53.6 Å². The highest BCUT2D eigenvalue weighted by atomic mass is 35.5. The lowest BCUT2D eigenvalue weighted by Crippen LogP contribution is -2.35. The summed E-state index contributed by atoms with van der Waals surface area (Å²) in [4.78, 5) is 14.0. The number of carbonyl (C=O) groups is 1. The van der Waals surface area contributed by atoms with Crippen molar-refractivity contribution in [2.45, 2.75) is 19.5 Å². The van der Waals surface area contributed by atoms with Crippen LogP contribution < -0.4 is 5.73 Å². The van der Waals surface area contributed by atoms with E-state index < -0.39 is 6.04 Å². The molecule has 21 heavy (non-hydrogen) atoms. The number of carbonyl (C=O) groups excluding carboxylic acids is 1. The van der Waals surface area contributed by atoms with E-state index in [1.807, 2.05) is 55.5 Å². The van der Waals surface area contributed by atoms with E-state index in [0.29, 0.717) is 11.6 Å². The molecule has 2 aromatic carbocycles. The minimum atomic E-state index is -0.644. The van der Waals surface area contributed by atoms with Gasteiger partial charge in [-0.15, -0.1) is 0 Å². The summed E-state index contributed by atoms with van der Waals surface area (Å²) in [6.07, 6.45) is 0. The van der Waals surface area contributed by atoms with E-state index in [4.69, 9.17) is 17.3 Å². The molecular weight excluding hydrogens is 284 g/mol. The van der Waals surface area contributed by atoms with Crippen molar-refractivity contribution in [1.82, 2.24) is 4.90 Å². The van der Waals surface area contributed by atoms with Gasteiger partial charge in [0.1, 0.15) is 6.04 Å². The quantitative estimate of drug-likeness (QED) is 0.942. The Hall–Kier alpha value is -1.84. The molecule has 3 nitrogen and oxygen atoms in total. The van der Waals surface area contributed by atoms with Gasteiger partial charge in [0.25, 0.3) is 0 Å². The number of benzene rings is 2. The van der Waals surface area contributed by atoms with Crippen LogP contribution in [0.1, 0.15) is 22.7 Å². The Morgan fingerprint density at radius 3 is 2.52 bits per heavy atom. The molecule has 0 aliphatic rings. The van der Waals surface area contributed by atoms with E-state index in [0.717, 1.165) is 16.7 Å². The topological polar surface area (TPSA) is 46.3 Å². The number of nitrogens with two attached hydrogens (primary N) is 1. The maximum Gasteiger partial charge on any atom is 0.244 e. The molecule has 2 rings (SSSR count). The number of hydrogen-bond donors (Lipinski definition) is 1. The zero-order valence-electron chi connectivity index (χ0n) is 12.2. The fourth-order valence-corrected chi connectivity index (χ4v) is 2.35. The van der Waals surface area contributed by atoms with Gasteiger partial charge in [-0.2, -0.15) is 0 Å². The van der Waals surface area contributed by atoms with Crippen LogP contribution in [0.3, 0.4) is 0 Å². The first-order chi connectivity index (χ1) is 9.97. The van der Waals surface area contributed by atoms with Gasteiger partial charge in [-0.3, -0.25) is 4.79 Å². The van der Waals surface area contributed by atoms with Crippen molar-refractivity contribution in [3.8, 4) is 0 Å². The van der Waals surface area contributed by atoms with Gasteiger partial charge in [0.05, 0.1) is 0 Å². The van der Waals surface area contributed by atoms with Gasteiger partial charge in [-0.05, 0) is 30.2 Å². The number of rotatable bonds is 4. The molecule has 1 atom stereocenters. The van der Waals surface area contributed by atoms with E-state index >= 15 is 0 Å². The second-order valence-electron chi connectivity index (χ2n) is 5.21. The van der Waals surface area contributed by atoms with Crippen LogP contribution in [0.5, 0.6) is 0 Å². The highest BCUT2D eigenvalue weighted by Crippen LogP contribution is 2.16. The van der Waals surface area contributed by atoms with Crippen molar-refractivity contribution >= 4 is 17.5 Å². The van der Waals surface area contributed by atoms with E-state index in [1.165, 1.54) is 0 Å². The molecule has 0 saturated heterocycles. The molecule has 2 aromatic rings. The number of halogens is 1. The van der Waals surface area contributed by atoms with Gasteiger partial charge in [0, 0.05) is 18.6 Å². The van der Waals surface area contributed by atoms with Crippen LogP contribution in [0, 0.1) is 6.92 Å². The van der Waals surface area contributed by atoms with E-state index in [-0.39, 0.29) is 5.91 Å². The van der Waals surface area contributed by atoms with Crippen LogP contribution in [-0.2, 0) is 11.3 Å². The molecule has 0 radical (unpaired) electrons. The molecule has 0 heterocycles. The third-order valence-electron chi connectivity index (χ3n) is 3.39. The molecule has 0 aliphatic carbocycles. The van der Waals surface area contributed by atoms with Crippen LogP contribution >= 0.6 is 11.6 Å². The average Bonchev–Trinajstić information content (AvgIpc) is 2.46. The summed E-state index contributed by atoms with van der Waals surface area (Å²) in [7, 11) is 1.75. The Kier molecular flexibility index (Phi) is 4.99. The first-order valence-electron chi connectivity index (χ1n) is 6.79. The molecule has 2 N–H and O–H groups in total. The minimum Gasteiger partial charge on any atom is -0.340 e. The predicted molar refractivity (Wildman–Crippen MR) is 86.0 cm³/mol. The Labute approximate surface area is 130 Å². The molecule has 1 unspecified atom stereocenters. The molecule has 0 aliphatic heterocycles. The highest BCUT2D eigenvalue weighted by Gasteiger charge is 2.19. The maximum atomic E-state index is 12.4. The molecule has 0 spiro atoms. The lowest BCUT2D eigenvalue weighted by molar-refractivity contribution is -0.131. The number of hydrogen-bond acceptors (Lipinski definition) is 2. The molecule has 1 amide bonds. The zero-order valence-corrected chi connectivity index (χ0v) is 13.0. The van der Waals surface area contributed by atoms with Crippen LogP contribution in [0.4, 0.5) is 0 Å². The van der Waals surface area contributed by atoms with Gasteiger partial charge < -0.3 is 10.6 Å². The standard InChI is InChI=1S/C17H19ClN2O/c1-12-6-8-14(9-7-12)16(19)17(21)20(2)11-13-4-3-5-15(18)10-13/h3-10,16H,11,19H2,1-2H3. The van der Waals surface area contributed by atoms with Crippen LogP contribution in [0.2, 0.25) is 5.02 Å². The van der Waals surface area contributed by atoms with Crippen molar-refractivity contribution in [3.63, 3.8) is 0 Å².